The third-order valence-electron chi connectivity index (χ3n) is 2.56. The third kappa shape index (κ3) is 2.50. The lowest BCUT2D eigenvalue weighted by Crippen LogP contribution is -2.32. The standard InChI is InChI=1S/C12H16N2O3/c1-7-5-10-11(17-4-3-16-10)6-9(7)14-12(15)8(2)13/h5-6,8H,3-4,13H2,1-2H3,(H,14,15). The highest BCUT2D eigenvalue weighted by molar-refractivity contribution is 5.95. The fourth-order valence-corrected chi connectivity index (χ4v) is 1.57. The van der Waals surface area contributed by atoms with Crippen molar-refractivity contribution in [2.45, 2.75) is 19.9 Å². The first-order valence-corrected chi connectivity index (χ1v) is 5.54. The van der Waals surface area contributed by atoms with Crippen LogP contribution in [0.2, 0.25) is 0 Å². The number of aryl methyl sites for hydroxylation is 1. The Morgan fingerprint density at radius 3 is 2.53 bits per heavy atom. The van der Waals surface area contributed by atoms with E-state index in [-0.39, 0.29) is 5.91 Å². The highest BCUT2D eigenvalue weighted by Gasteiger charge is 2.16. The zero-order valence-electron chi connectivity index (χ0n) is 9.95. The molecule has 3 N–H and O–H groups in total. The Kier molecular flexibility index (Phi) is 3.19. The summed E-state index contributed by atoms with van der Waals surface area (Å²) in [6.07, 6.45) is 0. The first kappa shape index (κ1) is 11.7. The Morgan fingerprint density at radius 1 is 1.35 bits per heavy atom. The molecule has 1 unspecified atom stereocenters. The topological polar surface area (TPSA) is 73.6 Å². The molecule has 0 spiro atoms. The van der Waals surface area contributed by atoms with E-state index < -0.39 is 6.04 Å². The summed E-state index contributed by atoms with van der Waals surface area (Å²) in [5.74, 6) is 1.15. The number of carbonyl (C=O) groups is 1. The van der Waals surface area contributed by atoms with Gasteiger partial charge in [-0.3, -0.25) is 4.79 Å². The molecule has 5 nitrogen and oxygen atoms in total. The lowest BCUT2D eigenvalue weighted by Gasteiger charge is -2.20. The molecule has 0 aliphatic carbocycles. The largest absolute Gasteiger partial charge is 0.486 e. The van der Waals surface area contributed by atoms with E-state index in [4.69, 9.17) is 15.2 Å². The number of ether oxygens (including phenoxy) is 2. The summed E-state index contributed by atoms with van der Waals surface area (Å²) in [5.41, 5.74) is 7.13. The fraction of sp³-hybridized carbons (Fsp3) is 0.417. The van der Waals surface area contributed by atoms with E-state index in [1.54, 1.807) is 13.0 Å². The molecule has 0 aromatic heterocycles. The van der Waals surface area contributed by atoms with E-state index in [9.17, 15) is 4.79 Å². The first-order valence-electron chi connectivity index (χ1n) is 5.54. The van der Waals surface area contributed by atoms with Gasteiger partial charge in [0.1, 0.15) is 13.2 Å². The van der Waals surface area contributed by atoms with Crippen molar-refractivity contribution < 1.29 is 14.3 Å². The Labute approximate surface area is 99.9 Å². The summed E-state index contributed by atoms with van der Waals surface area (Å²) in [4.78, 5) is 11.5. The molecule has 0 saturated carbocycles. The maximum absolute atomic E-state index is 11.5. The molecule has 1 atom stereocenters. The lowest BCUT2D eigenvalue weighted by atomic mass is 10.1. The van der Waals surface area contributed by atoms with Gasteiger partial charge in [-0.1, -0.05) is 0 Å². The normalized spacial score (nSPS) is 15.2. The molecule has 1 aromatic rings. The molecule has 0 fully saturated rings. The van der Waals surface area contributed by atoms with Crippen LogP contribution in [0.1, 0.15) is 12.5 Å². The Bertz CT molecular complexity index is 444. The van der Waals surface area contributed by atoms with Gasteiger partial charge in [0.2, 0.25) is 5.91 Å². The molecule has 1 aromatic carbocycles. The highest BCUT2D eigenvalue weighted by Crippen LogP contribution is 2.35. The Balaban J connectivity index is 2.26. The van der Waals surface area contributed by atoms with E-state index in [1.165, 1.54) is 0 Å². The van der Waals surface area contributed by atoms with Crippen LogP contribution < -0.4 is 20.5 Å². The van der Waals surface area contributed by atoms with Gasteiger partial charge in [-0.25, -0.2) is 0 Å². The molecular formula is C12H16N2O3. The second-order valence-corrected chi connectivity index (χ2v) is 4.09. The van der Waals surface area contributed by atoms with Gasteiger partial charge in [0.15, 0.2) is 11.5 Å². The summed E-state index contributed by atoms with van der Waals surface area (Å²) in [5, 5.41) is 2.76. The van der Waals surface area contributed by atoms with Gasteiger partial charge in [0.25, 0.3) is 0 Å². The monoisotopic (exact) mass is 236 g/mol. The number of anilines is 1. The van der Waals surface area contributed by atoms with Crippen molar-refractivity contribution >= 4 is 11.6 Å². The molecule has 1 heterocycles. The molecule has 0 radical (unpaired) electrons. The smallest absolute Gasteiger partial charge is 0.241 e. The van der Waals surface area contributed by atoms with Crippen LogP contribution in [0.5, 0.6) is 11.5 Å². The predicted octanol–water partition coefficient (Wildman–Crippen LogP) is 1.05. The molecule has 5 heteroatoms. The number of hydrogen-bond acceptors (Lipinski definition) is 4. The molecule has 1 aliphatic heterocycles. The molecular weight excluding hydrogens is 220 g/mol. The number of amides is 1. The quantitative estimate of drug-likeness (QED) is 0.805. The van der Waals surface area contributed by atoms with E-state index in [2.05, 4.69) is 5.32 Å². The van der Waals surface area contributed by atoms with Gasteiger partial charge in [-0.2, -0.15) is 0 Å². The van der Waals surface area contributed by atoms with Crippen molar-refractivity contribution in [3.8, 4) is 11.5 Å². The van der Waals surface area contributed by atoms with Crippen LogP contribution in [-0.4, -0.2) is 25.2 Å². The van der Waals surface area contributed by atoms with E-state index in [0.29, 0.717) is 30.4 Å². The molecule has 0 saturated heterocycles. The lowest BCUT2D eigenvalue weighted by molar-refractivity contribution is -0.117. The minimum Gasteiger partial charge on any atom is -0.486 e. The average Bonchev–Trinajstić information content (AvgIpc) is 2.29. The molecule has 1 amide bonds. The van der Waals surface area contributed by atoms with Crippen LogP contribution in [-0.2, 0) is 4.79 Å². The molecule has 1 aliphatic rings. The number of benzene rings is 1. The molecule has 17 heavy (non-hydrogen) atoms. The highest BCUT2D eigenvalue weighted by atomic mass is 16.6. The fourth-order valence-electron chi connectivity index (χ4n) is 1.57. The zero-order valence-corrected chi connectivity index (χ0v) is 9.95. The van der Waals surface area contributed by atoms with Crippen molar-refractivity contribution in [3.05, 3.63) is 17.7 Å². The van der Waals surface area contributed by atoms with Crippen molar-refractivity contribution in [2.24, 2.45) is 5.73 Å². The molecule has 2 rings (SSSR count). The second kappa shape index (κ2) is 4.63. The number of nitrogens with one attached hydrogen (secondary N) is 1. The van der Waals surface area contributed by atoms with Crippen LogP contribution in [0.4, 0.5) is 5.69 Å². The van der Waals surface area contributed by atoms with Crippen LogP contribution in [0, 0.1) is 6.92 Å². The van der Waals surface area contributed by atoms with Crippen molar-refractivity contribution in [1.29, 1.82) is 0 Å². The maximum Gasteiger partial charge on any atom is 0.241 e. The Morgan fingerprint density at radius 2 is 1.94 bits per heavy atom. The van der Waals surface area contributed by atoms with Crippen molar-refractivity contribution in [3.63, 3.8) is 0 Å². The van der Waals surface area contributed by atoms with E-state index in [1.807, 2.05) is 13.0 Å². The van der Waals surface area contributed by atoms with E-state index in [0.717, 1.165) is 5.56 Å². The SMILES string of the molecule is Cc1cc2c(cc1NC(=O)C(C)N)OCCO2. The van der Waals surface area contributed by atoms with E-state index >= 15 is 0 Å². The molecule has 0 bridgehead atoms. The minimum atomic E-state index is -0.539. The number of rotatable bonds is 2. The predicted molar refractivity (Wildman–Crippen MR) is 64.4 cm³/mol. The number of fused-ring (bicyclic) bond motifs is 1. The van der Waals surface area contributed by atoms with Gasteiger partial charge in [-0.15, -0.1) is 0 Å². The van der Waals surface area contributed by atoms with Gasteiger partial charge in [-0.05, 0) is 25.5 Å². The summed E-state index contributed by atoms with van der Waals surface area (Å²) >= 11 is 0. The van der Waals surface area contributed by atoms with Gasteiger partial charge in [0.05, 0.1) is 6.04 Å². The third-order valence-corrected chi connectivity index (χ3v) is 2.56. The average molecular weight is 236 g/mol. The van der Waals surface area contributed by atoms with Gasteiger partial charge >= 0.3 is 0 Å². The van der Waals surface area contributed by atoms with Crippen LogP contribution >= 0.6 is 0 Å². The van der Waals surface area contributed by atoms with Gasteiger partial charge in [0, 0.05) is 11.8 Å². The van der Waals surface area contributed by atoms with Crippen molar-refractivity contribution in [2.75, 3.05) is 18.5 Å². The zero-order chi connectivity index (χ0) is 12.4. The van der Waals surface area contributed by atoms with Crippen molar-refractivity contribution in [1.82, 2.24) is 0 Å². The summed E-state index contributed by atoms with van der Waals surface area (Å²) in [6, 6.07) is 3.08. The van der Waals surface area contributed by atoms with Crippen LogP contribution in [0.3, 0.4) is 0 Å². The van der Waals surface area contributed by atoms with Crippen LogP contribution in [0.25, 0.3) is 0 Å². The number of nitrogens with two attached hydrogens (primary N) is 1. The number of hydrogen-bond donors (Lipinski definition) is 2. The molecule has 92 valence electrons. The summed E-state index contributed by atoms with van der Waals surface area (Å²) in [6.45, 7) is 4.62. The number of carbonyl (C=O) groups excluding carboxylic acids is 1. The summed E-state index contributed by atoms with van der Waals surface area (Å²) < 4.78 is 10.9. The minimum absolute atomic E-state index is 0.218. The van der Waals surface area contributed by atoms with Gasteiger partial charge < -0.3 is 20.5 Å². The maximum atomic E-state index is 11.5. The van der Waals surface area contributed by atoms with Crippen LogP contribution in [0.15, 0.2) is 12.1 Å². The first-order chi connectivity index (χ1) is 8.08. The Hall–Kier alpha value is -1.75. The summed E-state index contributed by atoms with van der Waals surface area (Å²) in [7, 11) is 0. The second-order valence-electron chi connectivity index (χ2n) is 4.09.